The van der Waals surface area contributed by atoms with E-state index in [9.17, 15) is 24.5 Å². The Balaban J connectivity index is 1.80. The fourth-order valence-corrected chi connectivity index (χ4v) is 3.25. The van der Waals surface area contributed by atoms with Crippen molar-refractivity contribution in [1.29, 1.82) is 0 Å². The lowest BCUT2D eigenvalue weighted by atomic mass is 10.2. The second kappa shape index (κ2) is 7.64. The summed E-state index contributed by atoms with van der Waals surface area (Å²) in [6, 6.07) is 1.44. The molecule has 0 N–H and O–H groups in total. The van der Waals surface area contributed by atoms with Crippen LogP contribution in [0.25, 0.3) is 0 Å². The summed E-state index contributed by atoms with van der Waals surface area (Å²) in [7, 11) is 0. The van der Waals surface area contributed by atoms with E-state index in [0.29, 0.717) is 26.2 Å². The first-order valence-electron chi connectivity index (χ1n) is 9.30. The van der Waals surface area contributed by atoms with Gasteiger partial charge in [-0.1, -0.05) is 0 Å². The summed E-state index contributed by atoms with van der Waals surface area (Å²) in [6.07, 6.45) is 0.950. The van der Waals surface area contributed by atoms with Crippen molar-refractivity contribution >= 4 is 35.1 Å². The van der Waals surface area contributed by atoms with Crippen molar-refractivity contribution in [2.45, 2.75) is 39.2 Å². The van der Waals surface area contributed by atoms with E-state index < -0.39 is 16.6 Å². The number of nitro groups is 1. The highest BCUT2D eigenvalue weighted by Crippen LogP contribution is 2.33. The molecule has 2 saturated heterocycles. The van der Waals surface area contributed by atoms with Gasteiger partial charge in [-0.2, -0.15) is 0 Å². The summed E-state index contributed by atoms with van der Waals surface area (Å²) in [5.74, 6) is -1.07. The molecule has 0 bridgehead atoms. The van der Waals surface area contributed by atoms with E-state index in [0.717, 1.165) is 4.90 Å². The van der Waals surface area contributed by atoms with Gasteiger partial charge in [-0.15, -0.1) is 0 Å². The Kier molecular flexibility index (Phi) is 5.40. The molecule has 0 atom stereocenters. The van der Waals surface area contributed by atoms with Crippen LogP contribution < -0.4 is 9.80 Å². The number of amides is 3. The third kappa shape index (κ3) is 4.44. The van der Waals surface area contributed by atoms with Crippen molar-refractivity contribution < 1.29 is 24.0 Å². The van der Waals surface area contributed by atoms with Crippen molar-refractivity contribution in [3.05, 3.63) is 22.4 Å². The number of anilines is 2. The Morgan fingerprint density at radius 3 is 2.24 bits per heavy atom. The molecule has 0 radical (unpaired) electrons. The average molecular weight is 405 g/mol. The molecule has 2 fully saturated rings. The van der Waals surface area contributed by atoms with E-state index in [2.05, 4.69) is 4.98 Å². The van der Waals surface area contributed by atoms with Crippen LogP contribution in [-0.4, -0.2) is 64.5 Å². The maximum Gasteiger partial charge on any atom is 0.410 e. The Labute approximate surface area is 167 Å². The number of carbonyl (C=O) groups excluding carboxylic acids is 3. The summed E-state index contributed by atoms with van der Waals surface area (Å²) >= 11 is 0. The number of hydrogen-bond donors (Lipinski definition) is 0. The molecule has 11 nitrogen and oxygen atoms in total. The van der Waals surface area contributed by atoms with Crippen molar-refractivity contribution in [3.8, 4) is 0 Å². The molecule has 0 saturated carbocycles. The molecule has 3 heterocycles. The lowest BCUT2D eigenvalue weighted by Crippen LogP contribution is -2.50. The molecular formula is C18H23N5O6. The monoisotopic (exact) mass is 405 g/mol. The first kappa shape index (κ1) is 20.5. The van der Waals surface area contributed by atoms with Crippen LogP contribution in [0.15, 0.2) is 12.3 Å². The zero-order valence-corrected chi connectivity index (χ0v) is 16.6. The van der Waals surface area contributed by atoms with Crippen LogP contribution in [0.3, 0.4) is 0 Å². The molecule has 0 aromatic carbocycles. The number of rotatable bonds is 3. The van der Waals surface area contributed by atoms with Gasteiger partial charge in [0.2, 0.25) is 11.8 Å². The third-order valence-electron chi connectivity index (χ3n) is 4.59. The van der Waals surface area contributed by atoms with Gasteiger partial charge in [0.15, 0.2) is 6.20 Å². The molecule has 0 unspecified atom stereocenters. The van der Waals surface area contributed by atoms with E-state index >= 15 is 0 Å². The normalized spacial score (nSPS) is 17.7. The van der Waals surface area contributed by atoms with Crippen LogP contribution in [0.1, 0.15) is 33.6 Å². The van der Waals surface area contributed by atoms with Crippen LogP contribution in [0, 0.1) is 10.1 Å². The minimum atomic E-state index is -0.611. The predicted molar refractivity (Wildman–Crippen MR) is 103 cm³/mol. The van der Waals surface area contributed by atoms with Crippen LogP contribution in [-0.2, 0) is 14.3 Å². The van der Waals surface area contributed by atoms with Crippen LogP contribution in [0.4, 0.5) is 22.0 Å². The Morgan fingerprint density at radius 1 is 1.14 bits per heavy atom. The molecule has 1 aromatic heterocycles. The van der Waals surface area contributed by atoms with Gasteiger partial charge in [0.25, 0.3) is 0 Å². The first-order valence-corrected chi connectivity index (χ1v) is 9.30. The Hall–Kier alpha value is -3.24. The van der Waals surface area contributed by atoms with Crippen molar-refractivity contribution in [2.24, 2.45) is 0 Å². The highest BCUT2D eigenvalue weighted by atomic mass is 16.6. The van der Waals surface area contributed by atoms with E-state index in [-0.39, 0.29) is 41.8 Å². The predicted octanol–water partition coefficient (Wildman–Crippen LogP) is 1.70. The van der Waals surface area contributed by atoms with E-state index in [1.165, 1.54) is 12.3 Å². The lowest BCUT2D eigenvalue weighted by molar-refractivity contribution is -0.388. The summed E-state index contributed by atoms with van der Waals surface area (Å²) in [5.41, 5.74) is -0.184. The van der Waals surface area contributed by atoms with Gasteiger partial charge >= 0.3 is 11.9 Å². The topological polar surface area (TPSA) is 126 Å². The maximum atomic E-state index is 12.2. The zero-order valence-electron chi connectivity index (χ0n) is 16.6. The smallest absolute Gasteiger partial charge is 0.410 e. The molecule has 3 amide bonds. The molecule has 29 heavy (non-hydrogen) atoms. The molecule has 2 aliphatic heterocycles. The molecule has 2 aliphatic rings. The number of hydrogen-bond acceptors (Lipinski definition) is 8. The zero-order chi connectivity index (χ0) is 21.3. The second-order valence-electron chi connectivity index (χ2n) is 7.87. The number of imide groups is 1. The maximum absolute atomic E-state index is 12.2. The highest BCUT2D eigenvalue weighted by Gasteiger charge is 2.34. The van der Waals surface area contributed by atoms with Gasteiger partial charge in [-0.05, 0) is 36.7 Å². The molecule has 156 valence electrons. The molecule has 3 rings (SSSR count). The minimum absolute atomic E-state index is 0.111. The standard InChI is InChI=1S/C18H23N5O6/c1-18(2,3)29-17(26)21-8-6-20(7-9-21)13-10-12(11-19-16(13)23(27)28)22-14(24)4-5-15(22)25/h10-11H,4-9H2,1-3H3. The fraction of sp³-hybridized carbons (Fsp3) is 0.556. The van der Waals surface area contributed by atoms with Gasteiger partial charge < -0.3 is 24.7 Å². The minimum Gasteiger partial charge on any atom is -0.444 e. The molecule has 11 heteroatoms. The van der Waals surface area contributed by atoms with Gasteiger partial charge in [-0.3, -0.25) is 9.59 Å². The fourth-order valence-electron chi connectivity index (χ4n) is 3.25. The van der Waals surface area contributed by atoms with Crippen molar-refractivity contribution in [3.63, 3.8) is 0 Å². The first-order chi connectivity index (χ1) is 13.6. The molecule has 1 aromatic rings. The second-order valence-corrected chi connectivity index (χ2v) is 7.87. The van der Waals surface area contributed by atoms with Crippen LogP contribution in [0.5, 0.6) is 0 Å². The average Bonchev–Trinajstić information content (AvgIpc) is 2.98. The van der Waals surface area contributed by atoms with E-state index in [4.69, 9.17) is 4.74 Å². The Bertz CT molecular complexity index is 841. The molecule has 0 spiro atoms. The number of carbonyl (C=O) groups is 3. The number of aromatic nitrogens is 1. The van der Waals surface area contributed by atoms with Crippen molar-refractivity contribution in [1.82, 2.24) is 9.88 Å². The van der Waals surface area contributed by atoms with E-state index in [1.54, 1.807) is 30.6 Å². The number of pyridine rings is 1. The summed E-state index contributed by atoms with van der Waals surface area (Å²) in [4.78, 5) is 55.2. The highest BCUT2D eigenvalue weighted by molar-refractivity contribution is 6.19. The van der Waals surface area contributed by atoms with Gasteiger partial charge in [0.05, 0.1) is 5.69 Å². The summed E-state index contributed by atoms with van der Waals surface area (Å²) < 4.78 is 5.36. The quantitative estimate of drug-likeness (QED) is 0.422. The summed E-state index contributed by atoms with van der Waals surface area (Å²) in [5, 5.41) is 11.4. The summed E-state index contributed by atoms with van der Waals surface area (Å²) in [6.45, 7) is 6.63. The van der Waals surface area contributed by atoms with Crippen molar-refractivity contribution in [2.75, 3.05) is 36.0 Å². The third-order valence-corrected chi connectivity index (χ3v) is 4.59. The lowest BCUT2D eigenvalue weighted by Gasteiger charge is -2.36. The van der Waals surface area contributed by atoms with Gasteiger partial charge in [0, 0.05) is 39.0 Å². The SMILES string of the molecule is CC(C)(C)OC(=O)N1CCN(c2cc(N3C(=O)CCC3=O)cnc2[N+](=O)[O-])CC1. The van der Waals surface area contributed by atoms with Crippen LogP contribution >= 0.6 is 0 Å². The molecular weight excluding hydrogens is 382 g/mol. The molecule has 0 aliphatic carbocycles. The van der Waals surface area contributed by atoms with Gasteiger partial charge in [0.1, 0.15) is 11.3 Å². The van der Waals surface area contributed by atoms with Gasteiger partial charge in [-0.25, -0.2) is 9.69 Å². The Morgan fingerprint density at radius 2 is 1.72 bits per heavy atom. The van der Waals surface area contributed by atoms with E-state index in [1.807, 2.05) is 0 Å². The number of ether oxygens (including phenoxy) is 1. The number of nitrogens with zero attached hydrogens (tertiary/aromatic N) is 5. The largest absolute Gasteiger partial charge is 0.444 e. The number of piperazine rings is 1. The van der Waals surface area contributed by atoms with Crippen LogP contribution in [0.2, 0.25) is 0 Å².